The first-order valence-electron chi connectivity index (χ1n) is 13.9. The van der Waals surface area contributed by atoms with Gasteiger partial charge in [0.15, 0.2) is 0 Å². The van der Waals surface area contributed by atoms with Gasteiger partial charge in [0, 0.05) is 16.4 Å². The van der Waals surface area contributed by atoms with Crippen LogP contribution in [-0.4, -0.2) is 16.4 Å². The molecule has 4 saturated carbocycles. The highest BCUT2D eigenvalue weighted by Crippen LogP contribution is 2.58. The Morgan fingerprint density at radius 3 is 0.833 bits per heavy atom. The summed E-state index contributed by atoms with van der Waals surface area (Å²) in [7, 11) is 7.11. The molecule has 0 aromatic carbocycles. The molecule has 0 aromatic rings. The highest BCUT2D eigenvalue weighted by atomic mass is 31.0. The minimum Gasteiger partial charge on any atom is -0.326 e. The van der Waals surface area contributed by atoms with Crippen molar-refractivity contribution in [2.45, 2.75) is 145 Å². The summed E-state index contributed by atoms with van der Waals surface area (Å²) in [5, 5.41) is 0.523. The number of hydrogen-bond donors (Lipinski definition) is 1. The van der Waals surface area contributed by atoms with E-state index in [2.05, 4.69) is 18.5 Å². The van der Waals surface area contributed by atoms with Gasteiger partial charge < -0.3 is 5.73 Å². The lowest BCUT2D eigenvalue weighted by Crippen LogP contribution is -2.67. The number of rotatable bonds is 6. The van der Waals surface area contributed by atoms with E-state index in [-0.39, 0.29) is 10.3 Å². The molecule has 0 amide bonds. The molecule has 0 bridgehead atoms. The van der Waals surface area contributed by atoms with E-state index in [0.29, 0.717) is 6.04 Å². The highest BCUT2D eigenvalue weighted by Gasteiger charge is 2.56. The van der Waals surface area contributed by atoms with Gasteiger partial charge in [-0.15, -0.1) is 18.5 Å². The Kier molecular flexibility index (Phi) is 8.65. The SMILES string of the molecule is NC(C(P)(C1CCCCC1)C1CCCCC1)C(P)(C1CCCCC1)C1CCCCC1. The van der Waals surface area contributed by atoms with Crippen LogP contribution in [0.15, 0.2) is 0 Å². The van der Waals surface area contributed by atoms with Crippen LogP contribution >= 0.6 is 18.5 Å². The van der Waals surface area contributed by atoms with Gasteiger partial charge in [0.05, 0.1) is 0 Å². The predicted octanol–water partition coefficient (Wildman–Crippen LogP) is 7.86. The molecule has 2 atom stereocenters. The molecule has 0 aromatic heterocycles. The van der Waals surface area contributed by atoms with Gasteiger partial charge in [0.1, 0.15) is 0 Å². The van der Waals surface area contributed by atoms with Gasteiger partial charge in [-0.2, -0.15) is 0 Å². The summed E-state index contributed by atoms with van der Waals surface area (Å²) < 4.78 is 0. The third-order valence-corrected chi connectivity index (χ3v) is 12.9. The molecule has 0 saturated heterocycles. The smallest absolute Gasteiger partial charge is 0.0233 e. The van der Waals surface area contributed by atoms with Crippen LogP contribution in [0.4, 0.5) is 0 Å². The molecule has 2 N–H and O–H groups in total. The molecule has 0 heterocycles. The van der Waals surface area contributed by atoms with Crippen molar-refractivity contribution >= 4 is 18.5 Å². The summed E-state index contributed by atoms with van der Waals surface area (Å²) >= 11 is 0. The van der Waals surface area contributed by atoms with E-state index < -0.39 is 0 Å². The van der Waals surface area contributed by atoms with Crippen molar-refractivity contribution in [3.05, 3.63) is 0 Å². The fourth-order valence-corrected chi connectivity index (χ4v) is 10.6. The van der Waals surface area contributed by atoms with Crippen LogP contribution in [-0.2, 0) is 0 Å². The first kappa shape index (κ1) is 24.0. The maximum absolute atomic E-state index is 7.71. The summed E-state index contributed by atoms with van der Waals surface area (Å²) in [5.74, 6) is 3.34. The molecular formula is C27H51NP2. The molecule has 4 rings (SSSR count). The van der Waals surface area contributed by atoms with Crippen molar-refractivity contribution in [3.8, 4) is 0 Å². The number of nitrogens with two attached hydrogens (primary N) is 1. The quantitative estimate of drug-likeness (QED) is 0.409. The van der Waals surface area contributed by atoms with E-state index >= 15 is 0 Å². The zero-order valence-corrected chi connectivity index (χ0v) is 22.1. The van der Waals surface area contributed by atoms with E-state index in [4.69, 9.17) is 5.73 Å². The third-order valence-electron chi connectivity index (χ3n) is 10.3. The zero-order valence-electron chi connectivity index (χ0n) is 19.8. The molecule has 0 spiro atoms. The van der Waals surface area contributed by atoms with Crippen molar-refractivity contribution in [1.82, 2.24) is 0 Å². The average molecular weight is 452 g/mol. The van der Waals surface area contributed by atoms with E-state index in [1.165, 1.54) is 128 Å². The molecule has 2 unspecified atom stereocenters. The maximum Gasteiger partial charge on any atom is 0.0233 e. The fraction of sp³-hybridized carbons (Fsp3) is 1.00. The summed E-state index contributed by atoms with van der Waals surface area (Å²) in [6, 6.07) is 0.331. The Bertz CT molecular complexity index is 429. The Hall–Kier alpha value is 0.820. The molecule has 4 fully saturated rings. The van der Waals surface area contributed by atoms with Crippen LogP contribution in [0.3, 0.4) is 0 Å². The normalized spacial score (nSPS) is 27.6. The lowest BCUT2D eigenvalue weighted by molar-refractivity contribution is 0.0765. The van der Waals surface area contributed by atoms with Crippen molar-refractivity contribution < 1.29 is 0 Å². The fourth-order valence-electron chi connectivity index (χ4n) is 8.53. The molecular weight excluding hydrogens is 400 g/mol. The van der Waals surface area contributed by atoms with E-state index in [0.717, 1.165) is 23.7 Å². The summed E-state index contributed by atoms with van der Waals surface area (Å²) in [4.78, 5) is 0. The monoisotopic (exact) mass is 451 g/mol. The Labute approximate surface area is 192 Å². The van der Waals surface area contributed by atoms with Crippen LogP contribution in [0.5, 0.6) is 0 Å². The van der Waals surface area contributed by atoms with Crippen LogP contribution in [0.25, 0.3) is 0 Å². The number of hydrogen-bond acceptors (Lipinski definition) is 1. The van der Waals surface area contributed by atoms with Crippen LogP contribution in [0.2, 0.25) is 0 Å². The predicted molar refractivity (Wildman–Crippen MR) is 139 cm³/mol. The first-order valence-corrected chi connectivity index (χ1v) is 15.1. The Morgan fingerprint density at radius 1 is 0.433 bits per heavy atom. The average Bonchev–Trinajstić information content (AvgIpc) is 2.84. The second-order valence-corrected chi connectivity index (χ2v) is 13.8. The minimum absolute atomic E-state index is 0.261. The summed E-state index contributed by atoms with van der Waals surface area (Å²) in [6.45, 7) is 0. The van der Waals surface area contributed by atoms with Gasteiger partial charge >= 0.3 is 0 Å². The Morgan fingerprint density at radius 2 is 0.633 bits per heavy atom. The van der Waals surface area contributed by atoms with E-state index in [1.54, 1.807) is 0 Å². The lowest BCUT2D eigenvalue weighted by Gasteiger charge is -2.60. The van der Waals surface area contributed by atoms with Gasteiger partial charge in [-0.1, -0.05) is 77.0 Å². The van der Waals surface area contributed by atoms with E-state index in [9.17, 15) is 0 Å². The molecule has 30 heavy (non-hydrogen) atoms. The summed E-state index contributed by atoms with van der Waals surface area (Å²) in [5.41, 5.74) is 7.71. The van der Waals surface area contributed by atoms with Gasteiger partial charge in [0.2, 0.25) is 0 Å². The second-order valence-electron chi connectivity index (χ2n) is 11.8. The highest BCUT2D eigenvalue weighted by molar-refractivity contribution is 7.21. The maximum atomic E-state index is 7.71. The van der Waals surface area contributed by atoms with Crippen LogP contribution in [0, 0.1) is 23.7 Å². The molecule has 1 nitrogen and oxygen atoms in total. The van der Waals surface area contributed by atoms with Gasteiger partial charge in [-0.25, -0.2) is 0 Å². The largest absolute Gasteiger partial charge is 0.326 e. The van der Waals surface area contributed by atoms with Crippen LogP contribution in [0.1, 0.15) is 128 Å². The van der Waals surface area contributed by atoms with Gasteiger partial charge in [-0.3, -0.25) is 0 Å². The zero-order chi connectivity index (χ0) is 21.0. The first-order chi connectivity index (χ1) is 14.6. The molecule has 4 aliphatic rings. The molecule has 0 aliphatic heterocycles. The van der Waals surface area contributed by atoms with Crippen molar-refractivity contribution in [2.75, 3.05) is 0 Å². The lowest BCUT2D eigenvalue weighted by atomic mass is 9.57. The van der Waals surface area contributed by atoms with Crippen molar-refractivity contribution in [1.29, 1.82) is 0 Å². The van der Waals surface area contributed by atoms with Crippen LogP contribution < -0.4 is 5.73 Å². The molecule has 4 aliphatic carbocycles. The van der Waals surface area contributed by atoms with E-state index in [1.807, 2.05) is 0 Å². The third kappa shape index (κ3) is 4.71. The van der Waals surface area contributed by atoms with Crippen molar-refractivity contribution in [3.63, 3.8) is 0 Å². The van der Waals surface area contributed by atoms with Gasteiger partial charge in [0.25, 0.3) is 0 Å². The Balaban J connectivity index is 1.69. The van der Waals surface area contributed by atoms with Crippen molar-refractivity contribution in [2.24, 2.45) is 29.4 Å². The second kappa shape index (κ2) is 10.8. The molecule has 3 heteroatoms. The van der Waals surface area contributed by atoms with Gasteiger partial charge in [-0.05, 0) is 75.0 Å². The topological polar surface area (TPSA) is 26.0 Å². The minimum atomic E-state index is 0.261. The summed E-state index contributed by atoms with van der Waals surface area (Å²) in [6.07, 6.45) is 28.8. The molecule has 174 valence electrons. The molecule has 0 radical (unpaired) electrons. The standard InChI is InChI=1S/C27H51NP2/c28-25(26(29,21-13-5-1-6-14-21)22-15-7-2-8-16-22)27(30,23-17-9-3-10-18-23)24-19-11-4-12-20-24/h21-25H,1-20,28-30H2.